The third kappa shape index (κ3) is 2.88. The van der Waals surface area contributed by atoms with Gasteiger partial charge in [-0.1, -0.05) is 34.1 Å². The van der Waals surface area contributed by atoms with Crippen LogP contribution in [0.1, 0.15) is 32.6 Å². The minimum absolute atomic E-state index is 0.0264. The van der Waals surface area contributed by atoms with Gasteiger partial charge in [0.25, 0.3) is 0 Å². The highest BCUT2D eigenvalue weighted by Gasteiger charge is 2.16. The molecule has 0 saturated heterocycles. The fraction of sp³-hybridized carbons (Fsp3) is 0.294. The van der Waals surface area contributed by atoms with E-state index in [-0.39, 0.29) is 10.6 Å². The Hall–Kier alpha value is -1.35. The molecule has 2 aromatic rings. The lowest BCUT2D eigenvalue weighted by Crippen LogP contribution is -2.00. The molecule has 2 rings (SSSR count). The molecule has 0 N–H and O–H groups in total. The SMILES string of the molecule is COc1c(C)cc(C(Br)c2cc(F)ccc2C)cc1C. The van der Waals surface area contributed by atoms with Crippen LogP contribution in [-0.4, -0.2) is 7.11 Å². The number of halogens is 2. The van der Waals surface area contributed by atoms with E-state index in [0.717, 1.165) is 33.6 Å². The van der Waals surface area contributed by atoms with Crippen molar-refractivity contribution in [1.29, 1.82) is 0 Å². The Kier molecular flexibility index (Phi) is 4.48. The van der Waals surface area contributed by atoms with Gasteiger partial charge < -0.3 is 4.74 Å². The summed E-state index contributed by atoms with van der Waals surface area (Å²) in [6.07, 6.45) is 0. The Morgan fingerprint density at radius 3 is 2.15 bits per heavy atom. The second-order valence-corrected chi connectivity index (χ2v) is 5.97. The lowest BCUT2D eigenvalue weighted by atomic mass is 9.97. The van der Waals surface area contributed by atoms with Crippen molar-refractivity contribution in [2.45, 2.75) is 25.6 Å². The Morgan fingerprint density at radius 2 is 1.60 bits per heavy atom. The van der Waals surface area contributed by atoms with E-state index in [2.05, 4.69) is 28.1 Å². The number of hydrogen-bond acceptors (Lipinski definition) is 1. The molecule has 0 aromatic heterocycles. The first kappa shape index (κ1) is 15.0. The van der Waals surface area contributed by atoms with Crippen LogP contribution in [0.4, 0.5) is 4.39 Å². The number of ether oxygens (including phenoxy) is 1. The Bertz CT molecular complexity index is 614. The summed E-state index contributed by atoms with van der Waals surface area (Å²) < 4.78 is 18.8. The highest BCUT2D eigenvalue weighted by molar-refractivity contribution is 9.09. The van der Waals surface area contributed by atoms with Crippen LogP contribution in [0.5, 0.6) is 5.75 Å². The molecule has 0 amide bonds. The lowest BCUT2D eigenvalue weighted by molar-refractivity contribution is 0.408. The molecule has 0 aliphatic rings. The second kappa shape index (κ2) is 5.96. The van der Waals surface area contributed by atoms with Gasteiger partial charge in [-0.15, -0.1) is 0 Å². The van der Waals surface area contributed by atoms with E-state index in [1.54, 1.807) is 13.2 Å². The molecule has 2 aromatic carbocycles. The average Bonchev–Trinajstić information content (AvgIpc) is 2.40. The van der Waals surface area contributed by atoms with Gasteiger partial charge >= 0.3 is 0 Å². The van der Waals surface area contributed by atoms with Crippen LogP contribution in [0.2, 0.25) is 0 Å². The summed E-state index contributed by atoms with van der Waals surface area (Å²) in [6, 6.07) is 9.04. The lowest BCUT2D eigenvalue weighted by Gasteiger charge is -2.17. The van der Waals surface area contributed by atoms with Crippen LogP contribution in [0.25, 0.3) is 0 Å². The second-order valence-electron chi connectivity index (χ2n) is 5.05. The van der Waals surface area contributed by atoms with Gasteiger partial charge in [-0.2, -0.15) is 0 Å². The highest BCUT2D eigenvalue weighted by Crippen LogP contribution is 2.36. The van der Waals surface area contributed by atoms with E-state index >= 15 is 0 Å². The van der Waals surface area contributed by atoms with Crippen molar-refractivity contribution < 1.29 is 9.13 Å². The average molecular weight is 337 g/mol. The van der Waals surface area contributed by atoms with Crippen LogP contribution < -0.4 is 4.74 Å². The van der Waals surface area contributed by atoms with Crippen molar-refractivity contribution >= 4 is 15.9 Å². The maximum Gasteiger partial charge on any atom is 0.124 e. The first-order chi connectivity index (χ1) is 9.43. The molecule has 3 heteroatoms. The van der Waals surface area contributed by atoms with Crippen LogP contribution >= 0.6 is 15.9 Å². The number of hydrogen-bond donors (Lipinski definition) is 0. The first-order valence-electron chi connectivity index (χ1n) is 6.49. The molecule has 20 heavy (non-hydrogen) atoms. The van der Waals surface area contributed by atoms with E-state index in [9.17, 15) is 4.39 Å². The smallest absolute Gasteiger partial charge is 0.124 e. The maximum absolute atomic E-state index is 13.5. The minimum atomic E-state index is -0.211. The highest BCUT2D eigenvalue weighted by atomic mass is 79.9. The molecule has 0 aliphatic carbocycles. The van der Waals surface area contributed by atoms with Crippen LogP contribution in [0, 0.1) is 26.6 Å². The zero-order valence-corrected chi connectivity index (χ0v) is 13.7. The topological polar surface area (TPSA) is 9.23 Å². The summed E-state index contributed by atoms with van der Waals surface area (Å²) in [4.78, 5) is -0.0264. The molecule has 106 valence electrons. The predicted octanol–water partition coefficient (Wildman–Crippen LogP) is 5.24. The molecule has 1 atom stereocenters. The quantitative estimate of drug-likeness (QED) is 0.696. The van der Waals surface area contributed by atoms with Crippen LogP contribution in [0.3, 0.4) is 0 Å². The van der Waals surface area contributed by atoms with E-state index in [1.807, 2.05) is 26.8 Å². The summed E-state index contributed by atoms with van der Waals surface area (Å²) in [5.74, 6) is 0.696. The molecule has 0 aliphatic heterocycles. The van der Waals surface area contributed by atoms with Gasteiger partial charge in [-0.25, -0.2) is 4.39 Å². The molecule has 0 bridgehead atoms. The summed E-state index contributed by atoms with van der Waals surface area (Å²) in [5, 5.41) is 0. The third-order valence-corrected chi connectivity index (χ3v) is 4.52. The molecule has 1 unspecified atom stereocenters. The van der Waals surface area contributed by atoms with Gasteiger partial charge in [0.05, 0.1) is 11.9 Å². The fourth-order valence-corrected chi connectivity index (χ4v) is 3.27. The van der Waals surface area contributed by atoms with Crippen LogP contribution in [-0.2, 0) is 0 Å². The molecule has 0 radical (unpaired) electrons. The minimum Gasteiger partial charge on any atom is -0.496 e. The van der Waals surface area contributed by atoms with Gasteiger partial charge in [-0.3, -0.25) is 0 Å². The maximum atomic E-state index is 13.5. The van der Waals surface area contributed by atoms with Gasteiger partial charge in [0.15, 0.2) is 0 Å². The zero-order chi connectivity index (χ0) is 14.9. The normalized spacial score (nSPS) is 12.3. The fourth-order valence-electron chi connectivity index (χ4n) is 2.52. The predicted molar refractivity (Wildman–Crippen MR) is 84.4 cm³/mol. The number of methoxy groups -OCH3 is 1. The van der Waals surface area contributed by atoms with Gasteiger partial charge in [0.2, 0.25) is 0 Å². The Labute approximate surface area is 127 Å². The number of alkyl halides is 1. The monoisotopic (exact) mass is 336 g/mol. The summed E-state index contributed by atoms with van der Waals surface area (Å²) in [7, 11) is 1.68. The zero-order valence-electron chi connectivity index (χ0n) is 12.1. The van der Waals surface area contributed by atoms with E-state index in [0.29, 0.717) is 0 Å². The van der Waals surface area contributed by atoms with Gasteiger partial charge in [-0.05, 0) is 60.7 Å². The van der Waals surface area contributed by atoms with Crippen molar-refractivity contribution in [3.05, 3.63) is 64.0 Å². The third-order valence-electron chi connectivity index (χ3n) is 3.49. The Balaban J connectivity index is 2.48. The van der Waals surface area contributed by atoms with Crippen molar-refractivity contribution in [3.63, 3.8) is 0 Å². The van der Waals surface area contributed by atoms with E-state index in [1.165, 1.54) is 6.07 Å². The standard InChI is InChI=1S/C17H18BrFO/c1-10-5-6-14(19)9-15(10)16(18)13-7-11(2)17(20-4)12(3)8-13/h5-9,16H,1-4H3. The summed E-state index contributed by atoms with van der Waals surface area (Å²) in [6.45, 7) is 6.03. The Morgan fingerprint density at radius 1 is 1.00 bits per heavy atom. The van der Waals surface area contributed by atoms with E-state index in [4.69, 9.17) is 4.74 Å². The number of benzene rings is 2. The van der Waals surface area contributed by atoms with Gasteiger partial charge in [0, 0.05) is 0 Å². The summed E-state index contributed by atoms with van der Waals surface area (Å²) in [5.41, 5.74) is 5.30. The molecular formula is C17H18BrFO. The van der Waals surface area contributed by atoms with Crippen molar-refractivity contribution in [1.82, 2.24) is 0 Å². The molecule has 1 nitrogen and oxygen atoms in total. The number of rotatable bonds is 3. The molecule has 0 fully saturated rings. The van der Waals surface area contributed by atoms with Crippen molar-refractivity contribution in [2.75, 3.05) is 7.11 Å². The molecule has 0 heterocycles. The summed E-state index contributed by atoms with van der Waals surface area (Å²) >= 11 is 3.69. The molecule has 0 saturated carbocycles. The van der Waals surface area contributed by atoms with Crippen LogP contribution in [0.15, 0.2) is 30.3 Å². The molecule has 0 spiro atoms. The van der Waals surface area contributed by atoms with Gasteiger partial charge in [0.1, 0.15) is 11.6 Å². The molecular weight excluding hydrogens is 319 g/mol. The first-order valence-corrected chi connectivity index (χ1v) is 7.41. The van der Waals surface area contributed by atoms with Crippen molar-refractivity contribution in [3.8, 4) is 5.75 Å². The van der Waals surface area contributed by atoms with Crippen molar-refractivity contribution in [2.24, 2.45) is 0 Å². The van der Waals surface area contributed by atoms with E-state index < -0.39 is 0 Å². The largest absolute Gasteiger partial charge is 0.496 e. The number of aryl methyl sites for hydroxylation is 3.